The van der Waals surface area contributed by atoms with E-state index in [0.717, 1.165) is 57.1 Å². The molecule has 1 aliphatic heterocycles. The molecule has 0 bridgehead atoms. The highest BCUT2D eigenvalue weighted by molar-refractivity contribution is 5.93. The van der Waals surface area contributed by atoms with Gasteiger partial charge in [-0.15, -0.1) is 0 Å². The summed E-state index contributed by atoms with van der Waals surface area (Å²) in [4.78, 5) is 27.2. The van der Waals surface area contributed by atoms with Crippen LogP contribution in [0.25, 0.3) is 0 Å². The summed E-state index contributed by atoms with van der Waals surface area (Å²) in [7, 11) is 0. The summed E-state index contributed by atoms with van der Waals surface area (Å²) in [6.45, 7) is 0.924. The van der Waals surface area contributed by atoms with Crippen molar-refractivity contribution in [1.29, 1.82) is 0 Å². The van der Waals surface area contributed by atoms with E-state index in [1.807, 2.05) is 12.1 Å². The third-order valence-corrected chi connectivity index (χ3v) is 6.51. The van der Waals surface area contributed by atoms with Crippen LogP contribution in [0.2, 0.25) is 0 Å². The lowest BCUT2D eigenvalue weighted by Gasteiger charge is -2.46. The maximum absolute atomic E-state index is 13.3. The second-order valence-corrected chi connectivity index (χ2v) is 7.92. The van der Waals surface area contributed by atoms with Crippen molar-refractivity contribution in [1.82, 2.24) is 10.4 Å². The Bertz CT molecular complexity index is 696. The molecule has 25 heavy (non-hydrogen) atoms. The number of likely N-dealkylation sites (tertiary alicyclic amines) is 1. The van der Waals surface area contributed by atoms with E-state index in [2.05, 4.69) is 4.90 Å². The van der Waals surface area contributed by atoms with Crippen molar-refractivity contribution in [3.63, 3.8) is 0 Å². The van der Waals surface area contributed by atoms with Gasteiger partial charge in [-0.1, -0.05) is 18.9 Å². The number of benzene rings is 1. The van der Waals surface area contributed by atoms with Gasteiger partial charge < -0.3 is 4.90 Å². The summed E-state index contributed by atoms with van der Waals surface area (Å²) >= 11 is 0. The van der Waals surface area contributed by atoms with Crippen LogP contribution in [-0.2, 0) is 17.6 Å². The van der Waals surface area contributed by atoms with Gasteiger partial charge in [0, 0.05) is 18.2 Å². The molecule has 2 fully saturated rings. The van der Waals surface area contributed by atoms with Crippen molar-refractivity contribution in [2.24, 2.45) is 5.41 Å². The number of aryl methyl sites for hydroxylation is 1. The predicted octanol–water partition coefficient (Wildman–Crippen LogP) is 2.85. The predicted molar refractivity (Wildman–Crippen MR) is 93.4 cm³/mol. The van der Waals surface area contributed by atoms with Crippen LogP contribution in [0.15, 0.2) is 18.2 Å². The van der Waals surface area contributed by atoms with Crippen LogP contribution in [0.1, 0.15) is 66.4 Å². The minimum atomic E-state index is -0.482. The second-order valence-electron chi connectivity index (χ2n) is 7.92. The highest BCUT2D eigenvalue weighted by Crippen LogP contribution is 2.44. The molecule has 3 aliphatic rings. The molecule has 5 heteroatoms. The Kier molecular flexibility index (Phi) is 4.28. The molecule has 1 aromatic rings. The molecular formula is C20H26N2O3. The number of carbonyl (C=O) groups excluding carboxylic acids is 2. The lowest BCUT2D eigenvalue weighted by molar-refractivity contribution is -0.150. The molecule has 1 unspecified atom stereocenters. The first kappa shape index (κ1) is 16.6. The second kappa shape index (κ2) is 6.45. The standard InChI is InChI=1S/C20H26N2O3/c23-18(21-25)15-6-7-16-13-20(10-8-14(16)12-15)9-3-11-22(19(20)24)17-4-1-2-5-17/h6-7,12,17,25H,1-5,8-11,13H2,(H,21,23). The maximum Gasteiger partial charge on any atom is 0.274 e. The molecule has 2 aliphatic carbocycles. The zero-order chi connectivity index (χ0) is 17.4. The van der Waals surface area contributed by atoms with Crippen molar-refractivity contribution >= 4 is 11.8 Å². The average molecular weight is 342 g/mol. The summed E-state index contributed by atoms with van der Waals surface area (Å²) in [5.41, 5.74) is 4.24. The number of rotatable bonds is 2. The smallest absolute Gasteiger partial charge is 0.274 e. The molecule has 1 saturated heterocycles. The Balaban J connectivity index is 1.58. The topological polar surface area (TPSA) is 69.6 Å². The first-order chi connectivity index (χ1) is 12.1. The van der Waals surface area contributed by atoms with Gasteiger partial charge in [-0.05, 0) is 68.2 Å². The highest BCUT2D eigenvalue weighted by Gasteiger charge is 2.47. The van der Waals surface area contributed by atoms with Crippen molar-refractivity contribution < 1.29 is 14.8 Å². The lowest BCUT2D eigenvalue weighted by atomic mass is 9.66. The molecule has 1 saturated carbocycles. The van der Waals surface area contributed by atoms with Crippen molar-refractivity contribution in [3.8, 4) is 0 Å². The third kappa shape index (κ3) is 2.84. The van der Waals surface area contributed by atoms with Crippen LogP contribution in [0.3, 0.4) is 0 Å². The van der Waals surface area contributed by atoms with E-state index in [1.165, 1.54) is 18.4 Å². The van der Waals surface area contributed by atoms with E-state index >= 15 is 0 Å². The molecule has 1 spiro atoms. The Hall–Kier alpha value is -1.88. The van der Waals surface area contributed by atoms with Gasteiger partial charge in [0.05, 0.1) is 5.41 Å². The number of amides is 2. The van der Waals surface area contributed by atoms with Crippen molar-refractivity contribution in [2.75, 3.05) is 6.54 Å². The van der Waals surface area contributed by atoms with Crippen LogP contribution in [0.4, 0.5) is 0 Å². The van der Waals surface area contributed by atoms with Gasteiger partial charge in [-0.3, -0.25) is 14.8 Å². The molecule has 1 heterocycles. The Morgan fingerprint density at radius 3 is 2.72 bits per heavy atom. The quantitative estimate of drug-likeness (QED) is 0.641. The molecule has 134 valence electrons. The molecular weight excluding hydrogens is 316 g/mol. The van der Waals surface area contributed by atoms with Gasteiger partial charge in [0.25, 0.3) is 5.91 Å². The summed E-state index contributed by atoms with van der Waals surface area (Å²) in [5, 5.41) is 8.81. The Morgan fingerprint density at radius 2 is 1.96 bits per heavy atom. The molecule has 2 amide bonds. The summed E-state index contributed by atoms with van der Waals surface area (Å²) in [5.74, 6) is -0.113. The minimum Gasteiger partial charge on any atom is -0.339 e. The zero-order valence-corrected chi connectivity index (χ0v) is 14.6. The number of piperidine rings is 1. The van der Waals surface area contributed by atoms with Gasteiger partial charge in [-0.2, -0.15) is 0 Å². The Labute approximate surface area is 148 Å². The van der Waals surface area contributed by atoms with E-state index in [9.17, 15) is 9.59 Å². The van der Waals surface area contributed by atoms with E-state index in [0.29, 0.717) is 17.5 Å². The normalized spacial score (nSPS) is 26.8. The van der Waals surface area contributed by atoms with Crippen LogP contribution < -0.4 is 5.48 Å². The van der Waals surface area contributed by atoms with E-state index in [-0.39, 0.29) is 5.41 Å². The average Bonchev–Trinajstić information content (AvgIpc) is 3.17. The van der Waals surface area contributed by atoms with Gasteiger partial charge in [-0.25, -0.2) is 5.48 Å². The largest absolute Gasteiger partial charge is 0.339 e. The number of carbonyl (C=O) groups is 2. The van der Waals surface area contributed by atoms with E-state index < -0.39 is 5.91 Å². The molecule has 2 N–H and O–H groups in total. The molecule has 0 aromatic heterocycles. The number of fused-ring (bicyclic) bond motifs is 1. The SMILES string of the molecule is O=C(NO)c1ccc2c(c1)CCC1(CCCN(C3CCCC3)C1=O)C2. The van der Waals surface area contributed by atoms with Gasteiger partial charge in [0.15, 0.2) is 0 Å². The molecule has 1 atom stereocenters. The summed E-state index contributed by atoms with van der Waals surface area (Å²) in [6, 6.07) is 6.02. The molecule has 1 aromatic carbocycles. The van der Waals surface area contributed by atoms with Gasteiger partial charge >= 0.3 is 0 Å². The number of hydroxylamine groups is 1. The van der Waals surface area contributed by atoms with Crippen molar-refractivity contribution in [2.45, 2.75) is 63.8 Å². The lowest BCUT2D eigenvalue weighted by Crippen LogP contribution is -2.54. The summed E-state index contributed by atoms with van der Waals surface area (Å²) in [6.07, 6.45) is 9.38. The monoisotopic (exact) mass is 342 g/mol. The molecule has 5 nitrogen and oxygen atoms in total. The first-order valence-electron chi connectivity index (χ1n) is 9.50. The Morgan fingerprint density at radius 1 is 1.16 bits per heavy atom. The first-order valence-corrected chi connectivity index (χ1v) is 9.50. The van der Waals surface area contributed by atoms with Crippen LogP contribution >= 0.6 is 0 Å². The number of nitrogens with one attached hydrogen (secondary N) is 1. The van der Waals surface area contributed by atoms with Crippen LogP contribution in [-0.4, -0.2) is 34.5 Å². The molecule has 4 rings (SSSR count). The van der Waals surface area contributed by atoms with Crippen LogP contribution in [0.5, 0.6) is 0 Å². The molecule has 0 radical (unpaired) electrons. The minimum absolute atomic E-state index is 0.241. The summed E-state index contributed by atoms with van der Waals surface area (Å²) < 4.78 is 0. The van der Waals surface area contributed by atoms with Crippen LogP contribution in [0, 0.1) is 5.41 Å². The number of nitrogens with zero attached hydrogens (tertiary/aromatic N) is 1. The number of hydrogen-bond donors (Lipinski definition) is 2. The van der Waals surface area contributed by atoms with Gasteiger partial charge in [0.1, 0.15) is 0 Å². The fourth-order valence-electron chi connectivity index (χ4n) is 5.12. The van der Waals surface area contributed by atoms with E-state index in [1.54, 1.807) is 11.5 Å². The van der Waals surface area contributed by atoms with E-state index in [4.69, 9.17) is 5.21 Å². The fourth-order valence-corrected chi connectivity index (χ4v) is 5.12. The third-order valence-electron chi connectivity index (χ3n) is 6.51. The zero-order valence-electron chi connectivity index (χ0n) is 14.6. The fraction of sp³-hybridized carbons (Fsp3) is 0.600. The van der Waals surface area contributed by atoms with Crippen molar-refractivity contribution in [3.05, 3.63) is 34.9 Å². The highest BCUT2D eigenvalue weighted by atomic mass is 16.5. The number of hydrogen-bond acceptors (Lipinski definition) is 3. The maximum atomic E-state index is 13.3. The van der Waals surface area contributed by atoms with Gasteiger partial charge in [0.2, 0.25) is 5.91 Å².